The molecule has 3 aromatic rings. The Balaban J connectivity index is 0.00000289. The highest BCUT2D eigenvalue weighted by atomic mass is 35.5. The molecule has 0 spiro atoms. The second-order valence-corrected chi connectivity index (χ2v) is 8.99. The summed E-state index contributed by atoms with van der Waals surface area (Å²) in [5, 5.41) is 15.9. The van der Waals surface area contributed by atoms with Crippen LogP contribution in [0.3, 0.4) is 0 Å². The van der Waals surface area contributed by atoms with Crippen LogP contribution in [0.5, 0.6) is 0 Å². The van der Waals surface area contributed by atoms with Crippen molar-refractivity contribution in [2.75, 3.05) is 44.2 Å². The number of nitro benzene ring substituents is 1. The number of benzene rings is 2. The fourth-order valence-corrected chi connectivity index (χ4v) is 4.92. The second-order valence-electron chi connectivity index (χ2n) is 7.11. The smallest absolute Gasteiger partial charge is 0.282 e. The van der Waals surface area contributed by atoms with Gasteiger partial charge in [-0.3, -0.25) is 19.8 Å². The van der Waals surface area contributed by atoms with E-state index in [2.05, 4.69) is 15.1 Å². The van der Waals surface area contributed by atoms with Gasteiger partial charge in [-0.25, -0.2) is 4.98 Å². The van der Waals surface area contributed by atoms with Crippen molar-refractivity contribution in [3.05, 3.63) is 62.1 Å². The third-order valence-electron chi connectivity index (χ3n) is 5.10. The summed E-state index contributed by atoms with van der Waals surface area (Å²) in [7, 11) is 0. The number of amides is 1. The predicted octanol–water partition coefficient (Wildman–Crippen LogP) is 4.49. The normalized spacial score (nSPS) is 14.2. The molecular formula is C20H20Cl3N5O3S. The molecular weight excluding hydrogens is 497 g/mol. The van der Waals surface area contributed by atoms with Gasteiger partial charge >= 0.3 is 0 Å². The Bertz CT molecular complexity index is 1130. The molecule has 1 aliphatic heterocycles. The maximum atomic E-state index is 12.4. The lowest BCUT2D eigenvalue weighted by atomic mass is 10.1. The largest absolute Gasteiger partial charge is 0.351 e. The molecule has 1 aliphatic rings. The first-order chi connectivity index (χ1) is 14.9. The van der Waals surface area contributed by atoms with Gasteiger partial charge in [0.1, 0.15) is 5.56 Å². The van der Waals surface area contributed by atoms with Gasteiger partial charge < -0.3 is 10.2 Å². The van der Waals surface area contributed by atoms with Crippen molar-refractivity contribution in [1.82, 2.24) is 15.2 Å². The van der Waals surface area contributed by atoms with E-state index in [1.54, 1.807) is 11.3 Å². The Morgan fingerprint density at radius 2 is 1.81 bits per heavy atom. The Labute approximate surface area is 204 Å². The van der Waals surface area contributed by atoms with E-state index in [0.717, 1.165) is 41.5 Å². The summed E-state index contributed by atoms with van der Waals surface area (Å²) in [6.07, 6.45) is 0. The van der Waals surface area contributed by atoms with Crippen LogP contribution in [-0.4, -0.2) is 60.0 Å². The van der Waals surface area contributed by atoms with E-state index in [1.807, 2.05) is 18.2 Å². The molecule has 0 unspecified atom stereocenters. The molecule has 0 radical (unpaired) electrons. The Morgan fingerprint density at radius 3 is 2.53 bits per heavy atom. The van der Waals surface area contributed by atoms with Gasteiger partial charge in [0, 0.05) is 55.4 Å². The lowest BCUT2D eigenvalue weighted by Crippen LogP contribution is -2.48. The fraction of sp³-hybridized carbons (Fsp3) is 0.300. The average Bonchev–Trinajstić information content (AvgIpc) is 3.17. The molecule has 4 rings (SSSR count). The van der Waals surface area contributed by atoms with Gasteiger partial charge in [0.15, 0.2) is 5.13 Å². The number of halogens is 3. The van der Waals surface area contributed by atoms with Crippen LogP contribution in [0.2, 0.25) is 10.0 Å². The molecule has 8 nitrogen and oxygen atoms in total. The van der Waals surface area contributed by atoms with E-state index in [9.17, 15) is 14.9 Å². The van der Waals surface area contributed by atoms with Crippen LogP contribution in [0.25, 0.3) is 10.2 Å². The molecule has 0 atom stereocenters. The number of nitro groups is 1. The van der Waals surface area contributed by atoms with Gasteiger partial charge in [-0.15, -0.1) is 12.4 Å². The molecule has 1 amide bonds. The zero-order chi connectivity index (χ0) is 22.0. The standard InChI is InChI=1S/C20H19Cl2N5O3S.ClH/c21-13-2-4-17(27(29)30)15(11-13)19(28)23-5-6-25-7-9-26(10-8-25)20-24-16-3-1-14(22)12-18(16)31-20;/h1-4,11-12H,5-10H2,(H,23,28);1H. The Hall–Kier alpha value is -2.17. The number of nitrogens with one attached hydrogen (secondary N) is 1. The predicted molar refractivity (Wildman–Crippen MR) is 131 cm³/mol. The van der Waals surface area contributed by atoms with Gasteiger partial charge in [0.05, 0.1) is 15.1 Å². The zero-order valence-corrected chi connectivity index (χ0v) is 19.9. The SMILES string of the molecule is Cl.O=C(NCCN1CCN(c2nc3ccc(Cl)cc3s2)CC1)c1cc(Cl)ccc1[N+](=O)[O-]. The van der Waals surface area contributed by atoms with E-state index in [0.29, 0.717) is 18.1 Å². The van der Waals surface area contributed by atoms with Crippen LogP contribution < -0.4 is 10.2 Å². The van der Waals surface area contributed by atoms with E-state index < -0.39 is 10.8 Å². The van der Waals surface area contributed by atoms with Crippen molar-refractivity contribution >= 4 is 73.9 Å². The van der Waals surface area contributed by atoms with Gasteiger partial charge in [0.2, 0.25) is 0 Å². The molecule has 0 bridgehead atoms. The van der Waals surface area contributed by atoms with Crippen molar-refractivity contribution in [2.45, 2.75) is 0 Å². The Morgan fingerprint density at radius 1 is 1.12 bits per heavy atom. The molecule has 32 heavy (non-hydrogen) atoms. The molecule has 1 aromatic heterocycles. The third kappa shape index (κ3) is 5.60. The first-order valence-electron chi connectivity index (χ1n) is 9.66. The van der Waals surface area contributed by atoms with Crippen molar-refractivity contribution < 1.29 is 9.72 Å². The number of hydrogen-bond donors (Lipinski definition) is 1. The number of carbonyl (C=O) groups is 1. The molecule has 12 heteroatoms. The molecule has 0 aliphatic carbocycles. The number of thiazole rings is 1. The first-order valence-corrected chi connectivity index (χ1v) is 11.2. The van der Waals surface area contributed by atoms with Gasteiger partial charge in [-0.2, -0.15) is 0 Å². The van der Waals surface area contributed by atoms with Crippen LogP contribution in [0.1, 0.15) is 10.4 Å². The van der Waals surface area contributed by atoms with Crippen molar-refractivity contribution in [2.24, 2.45) is 0 Å². The Kier molecular flexibility index (Phi) is 8.13. The molecule has 1 N–H and O–H groups in total. The topological polar surface area (TPSA) is 91.6 Å². The third-order valence-corrected chi connectivity index (χ3v) is 6.64. The monoisotopic (exact) mass is 515 g/mol. The lowest BCUT2D eigenvalue weighted by Gasteiger charge is -2.34. The number of carbonyl (C=O) groups excluding carboxylic acids is 1. The van der Waals surface area contributed by atoms with Gasteiger partial charge in [0.25, 0.3) is 11.6 Å². The van der Waals surface area contributed by atoms with E-state index >= 15 is 0 Å². The van der Waals surface area contributed by atoms with E-state index in [1.165, 1.54) is 18.2 Å². The summed E-state index contributed by atoms with van der Waals surface area (Å²) in [4.78, 5) is 32.1. The summed E-state index contributed by atoms with van der Waals surface area (Å²) < 4.78 is 1.07. The molecule has 2 aromatic carbocycles. The first kappa shape index (κ1) is 24.5. The van der Waals surface area contributed by atoms with E-state index in [4.69, 9.17) is 28.2 Å². The van der Waals surface area contributed by atoms with Crippen molar-refractivity contribution in [3.63, 3.8) is 0 Å². The highest BCUT2D eigenvalue weighted by molar-refractivity contribution is 7.22. The highest BCUT2D eigenvalue weighted by Gasteiger charge is 2.22. The summed E-state index contributed by atoms with van der Waals surface area (Å²) in [5.74, 6) is -0.499. The zero-order valence-electron chi connectivity index (χ0n) is 16.8. The molecule has 0 saturated carbocycles. The molecule has 2 heterocycles. The van der Waals surface area contributed by atoms with E-state index in [-0.39, 0.29) is 28.7 Å². The number of rotatable bonds is 6. The van der Waals surface area contributed by atoms with Gasteiger partial charge in [-0.1, -0.05) is 34.5 Å². The minimum Gasteiger partial charge on any atom is -0.351 e. The fourth-order valence-electron chi connectivity index (χ4n) is 3.46. The maximum Gasteiger partial charge on any atom is 0.282 e. The maximum absolute atomic E-state index is 12.4. The number of piperazine rings is 1. The molecule has 1 saturated heterocycles. The van der Waals surface area contributed by atoms with Crippen LogP contribution in [0.15, 0.2) is 36.4 Å². The lowest BCUT2D eigenvalue weighted by molar-refractivity contribution is -0.385. The van der Waals surface area contributed by atoms with Crippen LogP contribution in [0, 0.1) is 10.1 Å². The minimum atomic E-state index is -0.583. The summed E-state index contributed by atoms with van der Waals surface area (Å²) in [6.45, 7) is 4.39. The number of hydrogen-bond acceptors (Lipinski definition) is 7. The number of nitrogens with zero attached hydrogens (tertiary/aromatic N) is 4. The second kappa shape index (κ2) is 10.6. The summed E-state index contributed by atoms with van der Waals surface area (Å²) >= 11 is 13.6. The molecule has 170 valence electrons. The summed E-state index contributed by atoms with van der Waals surface area (Å²) in [5.41, 5.74) is 0.663. The van der Waals surface area contributed by atoms with Gasteiger partial charge in [-0.05, 0) is 30.3 Å². The quantitative estimate of drug-likeness (QED) is 0.383. The average molecular weight is 517 g/mol. The molecule has 1 fully saturated rings. The van der Waals surface area contributed by atoms with Crippen molar-refractivity contribution in [3.8, 4) is 0 Å². The van der Waals surface area contributed by atoms with Crippen LogP contribution in [-0.2, 0) is 0 Å². The number of fused-ring (bicyclic) bond motifs is 1. The van der Waals surface area contributed by atoms with Crippen LogP contribution in [0.4, 0.5) is 10.8 Å². The number of aromatic nitrogens is 1. The minimum absolute atomic E-state index is 0. The van der Waals surface area contributed by atoms with Crippen LogP contribution >= 0.6 is 46.9 Å². The van der Waals surface area contributed by atoms with Crippen molar-refractivity contribution in [1.29, 1.82) is 0 Å². The number of anilines is 1. The highest BCUT2D eigenvalue weighted by Crippen LogP contribution is 2.31. The summed E-state index contributed by atoms with van der Waals surface area (Å²) in [6, 6.07) is 9.67.